The standard InChI is InChI=1S/C20H34N4O2/c1-3-20(25)23-11-9-22(10-12-23)13-14-26-16-18-15-17(2)24(21-18)19-7-5-4-6-8-19/h15,19H,3-14,16H2,1-2H3. The zero-order valence-electron chi connectivity index (χ0n) is 16.5. The summed E-state index contributed by atoms with van der Waals surface area (Å²) in [6.07, 6.45) is 7.15. The third-order valence-electron chi connectivity index (χ3n) is 5.72. The van der Waals surface area contributed by atoms with Crippen LogP contribution in [0, 0.1) is 6.92 Å². The molecule has 0 bridgehead atoms. The molecule has 26 heavy (non-hydrogen) atoms. The number of piperazine rings is 1. The van der Waals surface area contributed by atoms with Crippen LogP contribution in [0.1, 0.15) is 62.9 Å². The van der Waals surface area contributed by atoms with Crippen LogP contribution in [0.3, 0.4) is 0 Å². The van der Waals surface area contributed by atoms with Crippen molar-refractivity contribution in [3.8, 4) is 0 Å². The topological polar surface area (TPSA) is 50.6 Å². The van der Waals surface area contributed by atoms with E-state index in [1.807, 2.05) is 11.8 Å². The summed E-state index contributed by atoms with van der Waals surface area (Å²) in [5.74, 6) is 0.268. The molecule has 6 nitrogen and oxygen atoms in total. The van der Waals surface area contributed by atoms with Crippen LogP contribution in [0.15, 0.2) is 6.07 Å². The summed E-state index contributed by atoms with van der Waals surface area (Å²) >= 11 is 0. The second kappa shape index (κ2) is 9.51. The van der Waals surface area contributed by atoms with Crippen molar-refractivity contribution in [1.29, 1.82) is 0 Å². The number of carbonyl (C=O) groups excluding carboxylic acids is 1. The molecule has 6 heteroatoms. The minimum Gasteiger partial charge on any atom is -0.374 e. The molecule has 1 saturated carbocycles. The number of hydrogen-bond donors (Lipinski definition) is 0. The summed E-state index contributed by atoms with van der Waals surface area (Å²) in [6.45, 7) is 9.91. The highest BCUT2D eigenvalue weighted by Crippen LogP contribution is 2.28. The van der Waals surface area contributed by atoms with Gasteiger partial charge in [-0.15, -0.1) is 0 Å². The number of amides is 1. The fourth-order valence-corrected chi connectivity index (χ4v) is 4.13. The van der Waals surface area contributed by atoms with E-state index in [9.17, 15) is 4.79 Å². The van der Waals surface area contributed by atoms with Gasteiger partial charge in [0.2, 0.25) is 5.91 Å². The summed E-state index contributed by atoms with van der Waals surface area (Å²) in [5, 5.41) is 4.79. The summed E-state index contributed by atoms with van der Waals surface area (Å²) in [4.78, 5) is 16.1. The fourth-order valence-electron chi connectivity index (χ4n) is 4.13. The van der Waals surface area contributed by atoms with Gasteiger partial charge in [0.15, 0.2) is 0 Å². The number of aromatic nitrogens is 2. The molecule has 2 heterocycles. The van der Waals surface area contributed by atoms with Gasteiger partial charge in [0.25, 0.3) is 0 Å². The van der Waals surface area contributed by atoms with E-state index in [0.29, 0.717) is 19.1 Å². The minimum absolute atomic E-state index is 0.268. The molecular formula is C20H34N4O2. The summed E-state index contributed by atoms with van der Waals surface area (Å²) in [5.41, 5.74) is 2.30. The smallest absolute Gasteiger partial charge is 0.222 e. The van der Waals surface area contributed by atoms with Crippen molar-refractivity contribution in [3.63, 3.8) is 0 Å². The average molecular weight is 363 g/mol. The number of rotatable bonds is 7. The highest BCUT2D eigenvalue weighted by atomic mass is 16.5. The zero-order chi connectivity index (χ0) is 18.4. The Balaban J connectivity index is 1.36. The van der Waals surface area contributed by atoms with E-state index in [1.54, 1.807) is 0 Å². The molecule has 0 atom stereocenters. The predicted octanol–water partition coefficient (Wildman–Crippen LogP) is 2.77. The number of hydrogen-bond acceptors (Lipinski definition) is 4. The highest BCUT2D eigenvalue weighted by Gasteiger charge is 2.20. The molecule has 3 rings (SSSR count). The summed E-state index contributed by atoms with van der Waals surface area (Å²) in [7, 11) is 0. The molecule has 2 aliphatic rings. The van der Waals surface area contributed by atoms with Crippen LogP contribution in [0.4, 0.5) is 0 Å². The van der Waals surface area contributed by atoms with Crippen molar-refractivity contribution in [2.45, 2.75) is 65.0 Å². The van der Waals surface area contributed by atoms with Crippen LogP contribution >= 0.6 is 0 Å². The average Bonchev–Trinajstić information content (AvgIpc) is 3.06. The third kappa shape index (κ3) is 5.07. The quantitative estimate of drug-likeness (QED) is 0.700. The van der Waals surface area contributed by atoms with Gasteiger partial charge in [0, 0.05) is 44.8 Å². The Morgan fingerprint density at radius 2 is 1.92 bits per heavy atom. The fraction of sp³-hybridized carbons (Fsp3) is 0.800. The Morgan fingerprint density at radius 3 is 2.62 bits per heavy atom. The molecule has 1 aromatic heterocycles. The first-order valence-electron chi connectivity index (χ1n) is 10.3. The molecule has 0 radical (unpaired) electrons. The van der Waals surface area contributed by atoms with Gasteiger partial charge in [0.05, 0.1) is 24.9 Å². The molecule has 1 aliphatic carbocycles. The Kier molecular flexibility index (Phi) is 7.08. The van der Waals surface area contributed by atoms with E-state index in [0.717, 1.165) is 45.0 Å². The molecule has 2 fully saturated rings. The van der Waals surface area contributed by atoms with Gasteiger partial charge in [-0.05, 0) is 25.8 Å². The Bertz CT molecular complexity index is 572. The second-order valence-corrected chi connectivity index (χ2v) is 7.64. The maximum Gasteiger partial charge on any atom is 0.222 e. The molecule has 1 amide bonds. The largest absolute Gasteiger partial charge is 0.374 e. The van der Waals surface area contributed by atoms with E-state index in [2.05, 4.69) is 22.6 Å². The highest BCUT2D eigenvalue weighted by molar-refractivity contribution is 5.75. The SMILES string of the molecule is CCC(=O)N1CCN(CCOCc2cc(C)n(C3CCCCC3)n2)CC1. The molecular weight excluding hydrogens is 328 g/mol. The van der Waals surface area contributed by atoms with Gasteiger partial charge in [-0.1, -0.05) is 26.2 Å². The maximum atomic E-state index is 11.7. The van der Waals surface area contributed by atoms with Crippen molar-refractivity contribution >= 4 is 5.91 Å². The lowest BCUT2D eigenvalue weighted by molar-refractivity contribution is -0.132. The molecule has 0 spiro atoms. The normalized spacial score (nSPS) is 19.8. The van der Waals surface area contributed by atoms with Crippen LogP contribution in [-0.2, 0) is 16.1 Å². The molecule has 1 aromatic rings. The van der Waals surface area contributed by atoms with E-state index >= 15 is 0 Å². The second-order valence-electron chi connectivity index (χ2n) is 7.64. The van der Waals surface area contributed by atoms with Crippen LogP contribution in [0.5, 0.6) is 0 Å². The number of carbonyl (C=O) groups is 1. The van der Waals surface area contributed by atoms with Gasteiger partial charge in [-0.3, -0.25) is 14.4 Å². The maximum absolute atomic E-state index is 11.7. The first-order chi connectivity index (χ1) is 12.7. The van der Waals surface area contributed by atoms with E-state index in [4.69, 9.17) is 9.84 Å². The molecule has 146 valence electrons. The van der Waals surface area contributed by atoms with E-state index in [-0.39, 0.29) is 5.91 Å². The zero-order valence-corrected chi connectivity index (χ0v) is 16.5. The van der Waals surface area contributed by atoms with E-state index in [1.165, 1.54) is 37.8 Å². The molecule has 0 aromatic carbocycles. The monoisotopic (exact) mass is 362 g/mol. The van der Waals surface area contributed by atoms with Crippen molar-refractivity contribution in [1.82, 2.24) is 19.6 Å². The Morgan fingerprint density at radius 1 is 1.19 bits per heavy atom. The lowest BCUT2D eigenvalue weighted by atomic mass is 9.95. The van der Waals surface area contributed by atoms with Gasteiger partial charge < -0.3 is 9.64 Å². The van der Waals surface area contributed by atoms with E-state index < -0.39 is 0 Å². The van der Waals surface area contributed by atoms with Gasteiger partial charge in [0.1, 0.15) is 0 Å². The predicted molar refractivity (Wildman–Crippen MR) is 102 cm³/mol. The lowest BCUT2D eigenvalue weighted by Gasteiger charge is -2.34. The molecule has 1 saturated heterocycles. The van der Waals surface area contributed by atoms with Gasteiger partial charge >= 0.3 is 0 Å². The van der Waals surface area contributed by atoms with Crippen LogP contribution in [0.2, 0.25) is 0 Å². The Labute approximate surface area is 157 Å². The minimum atomic E-state index is 0.268. The van der Waals surface area contributed by atoms with Gasteiger partial charge in [-0.2, -0.15) is 5.10 Å². The van der Waals surface area contributed by atoms with Crippen molar-refractivity contribution in [3.05, 3.63) is 17.5 Å². The third-order valence-corrected chi connectivity index (χ3v) is 5.72. The number of aryl methyl sites for hydroxylation is 1. The van der Waals surface area contributed by atoms with Crippen LogP contribution in [0.25, 0.3) is 0 Å². The summed E-state index contributed by atoms with van der Waals surface area (Å²) < 4.78 is 8.10. The molecule has 0 N–H and O–H groups in total. The summed E-state index contributed by atoms with van der Waals surface area (Å²) in [6, 6.07) is 2.75. The molecule has 0 unspecified atom stereocenters. The van der Waals surface area contributed by atoms with Gasteiger partial charge in [-0.25, -0.2) is 0 Å². The van der Waals surface area contributed by atoms with Crippen LogP contribution < -0.4 is 0 Å². The molecule has 1 aliphatic heterocycles. The van der Waals surface area contributed by atoms with Crippen molar-refractivity contribution in [2.75, 3.05) is 39.3 Å². The van der Waals surface area contributed by atoms with Crippen molar-refractivity contribution in [2.24, 2.45) is 0 Å². The number of ether oxygens (including phenoxy) is 1. The first-order valence-corrected chi connectivity index (χ1v) is 10.3. The lowest BCUT2D eigenvalue weighted by Crippen LogP contribution is -2.49. The first kappa shape index (κ1) is 19.4. The van der Waals surface area contributed by atoms with Crippen molar-refractivity contribution < 1.29 is 9.53 Å². The Hall–Kier alpha value is -1.40. The number of nitrogens with zero attached hydrogens (tertiary/aromatic N) is 4. The van der Waals surface area contributed by atoms with Crippen LogP contribution in [-0.4, -0.2) is 64.8 Å².